The first-order valence-electron chi connectivity index (χ1n) is 13.8. The van der Waals surface area contributed by atoms with E-state index in [1.165, 1.54) is 25.7 Å². The molecule has 0 bridgehead atoms. The lowest BCUT2D eigenvalue weighted by Crippen LogP contribution is -2.37. The predicted molar refractivity (Wildman–Crippen MR) is 141 cm³/mol. The Morgan fingerprint density at radius 3 is 1.78 bits per heavy atom. The molecule has 0 aromatic carbocycles. The average molecular weight is 539 g/mol. The topological polar surface area (TPSA) is 108 Å². The van der Waals surface area contributed by atoms with E-state index in [-0.39, 0.29) is 25.6 Å². The Morgan fingerprint density at radius 1 is 0.750 bits per heavy atom. The number of likely N-dealkylation sites (N-methyl/N-ethyl adjacent to an activating group) is 1. The van der Waals surface area contributed by atoms with Crippen LogP contribution in [0.25, 0.3) is 0 Å². The molecule has 10 heteroatoms. The summed E-state index contributed by atoms with van der Waals surface area (Å²) in [6, 6.07) is 0. The van der Waals surface area contributed by atoms with Crippen molar-refractivity contribution in [3.05, 3.63) is 0 Å². The van der Waals surface area contributed by atoms with Crippen molar-refractivity contribution in [3.63, 3.8) is 0 Å². The number of ether oxygens (including phenoxy) is 2. The number of hydrogen-bond donors (Lipinski definition) is 1. The van der Waals surface area contributed by atoms with E-state index in [0.29, 0.717) is 23.9 Å². The number of esters is 2. The van der Waals surface area contributed by atoms with E-state index in [2.05, 4.69) is 13.8 Å². The fourth-order valence-electron chi connectivity index (χ4n) is 3.36. The van der Waals surface area contributed by atoms with E-state index in [4.69, 9.17) is 18.5 Å². The summed E-state index contributed by atoms with van der Waals surface area (Å²) in [5.41, 5.74) is 0. The van der Waals surface area contributed by atoms with Crippen LogP contribution < -0.4 is 0 Å². The monoisotopic (exact) mass is 538 g/mol. The Kier molecular flexibility index (Phi) is 20.4. The van der Waals surface area contributed by atoms with E-state index in [0.717, 1.165) is 44.9 Å². The first-order chi connectivity index (χ1) is 17.0. The van der Waals surface area contributed by atoms with Crippen molar-refractivity contribution in [2.75, 3.05) is 47.5 Å². The van der Waals surface area contributed by atoms with E-state index in [9.17, 15) is 19.0 Å². The fraction of sp³-hybridized carbons (Fsp3) is 0.923. The number of quaternary nitrogens is 1. The summed E-state index contributed by atoms with van der Waals surface area (Å²) in [5, 5.41) is 0. The van der Waals surface area contributed by atoms with Crippen LogP contribution in [-0.4, -0.2) is 74.9 Å². The van der Waals surface area contributed by atoms with Crippen LogP contribution in [0.3, 0.4) is 0 Å². The Balaban J connectivity index is 4.58. The van der Waals surface area contributed by atoms with Crippen LogP contribution in [-0.2, 0) is 32.7 Å². The van der Waals surface area contributed by atoms with E-state index < -0.39 is 26.5 Å². The third-order valence-electron chi connectivity index (χ3n) is 5.64. The number of phosphoric ester groups is 1. The lowest BCUT2D eigenvalue weighted by molar-refractivity contribution is -0.870. The summed E-state index contributed by atoms with van der Waals surface area (Å²) < 4.78 is 33.6. The Labute approximate surface area is 219 Å². The van der Waals surface area contributed by atoms with Crippen LogP contribution in [0.5, 0.6) is 0 Å². The molecule has 9 nitrogen and oxygen atoms in total. The van der Waals surface area contributed by atoms with Gasteiger partial charge in [-0.05, 0) is 12.8 Å². The molecule has 0 fully saturated rings. The third-order valence-corrected chi connectivity index (χ3v) is 6.62. The molecule has 0 aromatic rings. The van der Waals surface area contributed by atoms with Crippen LogP contribution >= 0.6 is 7.82 Å². The molecule has 0 saturated carbocycles. The zero-order chi connectivity index (χ0) is 27.3. The minimum Gasteiger partial charge on any atom is -0.462 e. The third kappa shape index (κ3) is 23.4. The van der Waals surface area contributed by atoms with Gasteiger partial charge >= 0.3 is 19.8 Å². The molecule has 0 aromatic heterocycles. The Bertz CT molecular complexity index is 624. The summed E-state index contributed by atoms with van der Waals surface area (Å²) in [6.07, 6.45) is 12.1. The molecule has 0 aliphatic carbocycles. The van der Waals surface area contributed by atoms with Crippen molar-refractivity contribution in [2.24, 2.45) is 0 Å². The Morgan fingerprint density at radius 2 is 1.25 bits per heavy atom. The molecule has 0 aliphatic heterocycles. The molecule has 0 heterocycles. The van der Waals surface area contributed by atoms with Gasteiger partial charge in [0.05, 0.1) is 27.7 Å². The van der Waals surface area contributed by atoms with Gasteiger partial charge in [-0.25, -0.2) is 4.57 Å². The molecule has 2 unspecified atom stereocenters. The second-order valence-electron chi connectivity index (χ2n) is 10.4. The van der Waals surface area contributed by atoms with E-state index in [1.54, 1.807) is 0 Å². The van der Waals surface area contributed by atoms with Gasteiger partial charge in [0.1, 0.15) is 19.8 Å². The van der Waals surface area contributed by atoms with Crippen LogP contribution in [0.4, 0.5) is 0 Å². The molecule has 0 saturated heterocycles. The van der Waals surface area contributed by atoms with Gasteiger partial charge in [-0.2, -0.15) is 0 Å². The first kappa shape index (κ1) is 35.0. The lowest BCUT2D eigenvalue weighted by atomic mass is 10.1. The van der Waals surface area contributed by atoms with Crippen molar-refractivity contribution >= 4 is 19.8 Å². The average Bonchev–Trinajstić information content (AvgIpc) is 2.79. The molecule has 214 valence electrons. The number of unbranched alkanes of at least 4 members (excludes halogenated alkanes) is 10. The summed E-state index contributed by atoms with van der Waals surface area (Å²) in [6.45, 7) is 4.23. The minimum atomic E-state index is -4.33. The van der Waals surface area contributed by atoms with Gasteiger partial charge in [-0.1, -0.05) is 78.1 Å². The minimum absolute atomic E-state index is 0.0346. The molecule has 0 rings (SSSR count). The van der Waals surface area contributed by atoms with Gasteiger partial charge in [-0.3, -0.25) is 18.6 Å². The highest BCUT2D eigenvalue weighted by molar-refractivity contribution is 7.47. The second-order valence-corrected chi connectivity index (χ2v) is 11.9. The van der Waals surface area contributed by atoms with Gasteiger partial charge in [0, 0.05) is 12.8 Å². The van der Waals surface area contributed by atoms with Crippen LogP contribution in [0, 0.1) is 0 Å². The standard InChI is InChI=1S/C26H52NO8P/c1-6-8-10-12-13-15-16-18-25(28)32-22-24(35-26(29)19-17-14-11-9-7-2)23-34-36(30,31)33-21-20-27(3,4)5/h24H,6-23H2,1-5H3/p+1. The molecule has 0 radical (unpaired) electrons. The highest BCUT2D eigenvalue weighted by Crippen LogP contribution is 2.43. The summed E-state index contributed by atoms with van der Waals surface area (Å²) in [4.78, 5) is 34.4. The second kappa shape index (κ2) is 21.0. The number of rotatable bonds is 24. The number of phosphoric acid groups is 1. The van der Waals surface area contributed by atoms with Crippen molar-refractivity contribution < 1.29 is 42.1 Å². The summed E-state index contributed by atoms with van der Waals surface area (Å²) >= 11 is 0. The van der Waals surface area contributed by atoms with Gasteiger partial charge in [0.15, 0.2) is 6.10 Å². The van der Waals surface area contributed by atoms with Crippen molar-refractivity contribution in [1.82, 2.24) is 0 Å². The molecule has 1 N–H and O–H groups in total. The van der Waals surface area contributed by atoms with Gasteiger partial charge in [-0.15, -0.1) is 0 Å². The van der Waals surface area contributed by atoms with Crippen molar-refractivity contribution in [3.8, 4) is 0 Å². The quantitative estimate of drug-likeness (QED) is 0.0713. The lowest BCUT2D eigenvalue weighted by Gasteiger charge is -2.24. The maximum atomic E-state index is 12.3. The van der Waals surface area contributed by atoms with Crippen molar-refractivity contribution in [1.29, 1.82) is 0 Å². The fourth-order valence-corrected chi connectivity index (χ4v) is 4.10. The molecular weight excluding hydrogens is 485 g/mol. The van der Waals surface area contributed by atoms with Crippen LogP contribution in [0.1, 0.15) is 104 Å². The van der Waals surface area contributed by atoms with Gasteiger partial charge < -0.3 is 18.9 Å². The highest BCUT2D eigenvalue weighted by Gasteiger charge is 2.27. The maximum Gasteiger partial charge on any atom is 0.472 e. The SMILES string of the molecule is CCCCCCCCCC(=O)OCC(COP(=O)(O)OCC[N+](C)(C)C)OC(=O)CCCCCCC. The normalized spacial score (nSPS) is 14.3. The van der Waals surface area contributed by atoms with E-state index >= 15 is 0 Å². The number of carbonyl (C=O) groups is 2. The van der Waals surface area contributed by atoms with E-state index in [1.807, 2.05) is 21.1 Å². The zero-order valence-electron chi connectivity index (χ0n) is 23.5. The van der Waals surface area contributed by atoms with Gasteiger partial charge in [0.25, 0.3) is 0 Å². The molecular formula is C26H53NO8P+. The number of carbonyl (C=O) groups excluding carboxylic acids is 2. The molecule has 0 spiro atoms. The van der Waals surface area contributed by atoms with Crippen LogP contribution in [0.15, 0.2) is 0 Å². The predicted octanol–water partition coefficient (Wildman–Crippen LogP) is 5.78. The zero-order valence-corrected chi connectivity index (χ0v) is 24.4. The van der Waals surface area contributed by atoms with Crippen LogP contribution in [0.2, 0.25) is 0 Å². The van der Waals surface area contributed by atoms with Crippen molar-refractivity contribution in [2.45, 2.75) is 110 Å². The highest BCUT2D eigenvalue weighted by atomic mass is 31.2. The smallest absolute Gasteiger partial charge is 0.462 e. The summed E-state index contributed by atoms with van der Waals surface area (Å²) in [7, 11) is 1.47. The molecule has 0 aliphatic rings. The largest absolute Gasteiger partial charge is 0.472 e. The Hall–Kier alpha value is -0.990. The number of nitrogens with zero attached hydrogens (tertiary/aromatic N) is 1. The van der Waals surface area contributed by atoms with Gasteiger partial charge in [0.2, 0.25) is 0 Å². The molecule has 0 amide bonds. The number of hydrogen-bond acceptors (Lipinski definition) is 7. The molecule has 36 heavy (non-hydrogen) atoms. The maximum absolute atomic E-state index is 12.3. The molecule has 2 atom stereocenters. The summed E-state index contributed by atoms with van der Waals surface area (Å²) in [5.74, 6) is -0.822. The first-order valence-corrected chi connectivity index (χ1v) is 15.3.